The first-order valence-corrected chi connectivity index (χ1v) is 8.51. The number of fused-ring (bicyclic) bond motifs is 1. The van der Waals surface area contributed by atoms with Crippen LogP contribution < -0.4 is 10.1 Å². The maximum Gasteiger partial charge on any atom is 0.262 e. The van der Waals surface area contributed by atoms with Crippen molar-refractivity contribution in [2.45, 2.75) is 26.7 Å². The van der Waals surface area contributed by atoms with Gasteiger partial charge in [0.15, 0.2) is 6.61 Å². The van der Waals surface area contributed by atoms with Crippen molar-refractivity contribution >= 4 is 34.4 Å². The summed E-state index contributed by atoms with van der Waals surface area (Å²) in [6.45, 7) is 6.19. The van der Waals surface area contributed by atoms with Crippen molar-refractivity contribution in [3.63, 3.8) is 0 Å². The second-order valence-corrected chi connectivity index (χ2v) is 6.53. The Labute approximate surface area is 145 Å². The Balaban J connectivity index is 1.66. The molecule has 0 aliphatic heterocycles. The van der Waals surface area contributed by atoms with Crippen LogP contribution in [0.1, 0.15) is 30.9 Å². The summed E-state index contributed by atoms with van der Waals surface area (Å²) >= 11 is 1.16. The lowest BCUT2D eigenvalue weighted by Gasteiger charge is -2.14. The lowest BCUT2D eigenvalue weighted by Crippen LogP contribution is -2.20. The number of anilines is 1. The zero-order chi connectivity index (χ0) is 17.1. The summed E-state index contributed by atoms with van der Waals surface area (Å²) in [4.78, 5) is 12.2. The summed E-state index contributed by atoms with van der Waals surface area (Å²) in [6.07, 6.45) is 0. The van der Waals surface area contributed by atoms with Crippen molar-refractivity contribution in [2.75, 3.05) is 11.9 Å². The first kappa shape index (κ1) is 16.4. The minimum atomic E-state index is -0.200. The first-order valence-electron chi connectivity index (χ1n) is 7.78. The van der Waals surface area contributed by atoms with Crippen molar-refractivity contribution in [1.29, 1.82) is 0 Å². The molecule has 2 aromatic carbocycles. The summed E-state index contributed by atoms with van der Waals surface area (Å²) in [5.74, 6) is 0.899. The number of aromatic nitrogens is 2. The standard InChI is InChI=1S/C18H19N3O2S/c1-11(2)14-6-4-12(3)8-17(14)23-10-18(22)19-13-5-7-15-16(9-13)21-24-20-15/h4-9,11H,10H2,1-3H3,(H,19,22). The van der Waals surface area contributed by atoms with Gasteiger partial charge in [-0.3, -0.25) is 4.79 Å². The summed E-state index contributed by atoms with van der Waals surface area (Å²) in [5.41, 5.74) is 4.51. The maximum absolute atomic E-state index is 12.2. The number of nitrogens with zero attached hydrogens (tertiary/aromatic N) is 2. The lowest BCUT2D eigenvalue weighted by molar-refractivity contribution is -0.118. The molecule has 0 aliphatic rings. The molecule has 0 radical (unpaired) electrons. The number of hydrogen-bond acceptors (Lipinski definition) is 5. The van der Waals surface area contributed by atoms with Crippen molar-refractivity contribution in [1.82, 2.24) is 8.75 Å². The second-order valence-electron chi connectivity index (χ2n) is 6.00. The Kier molecular flexibility index (Phi) is 4.76. The zero-order valence-corrected chi connectivity index (χ0v) is 14.7. The zero-order valence-electron chi connectivity index (χ0n) is 13.9. The third-order valence-corrected chi connectivity index (χ3v) is 4.24. The quantitative estimate of drug-likeness (QED) is 0.757. The molecule has 0 saturated heterocycles. The van der Waals surface area contributed by atoms with Gasteiger partial charge in [0.1, 0.15) is 16.8 Å². The van der Waals surface area contributed by atoms with Crippen molar-refractivity contribution in [2.24, 2.45) is 0 Å². The molecule has 124 valence electrons. The molecule has 0 fully saturated rings. The molecule has 0 saturated carbocycles. The fourth-order valence-corrected chi connectivity index (χ4v) is 2.96. The number of nitrogens with one attached hydrogen (secondary N) is 1. The minimum Gasteiger partial charge on any atom is -0.483 e. The summed E-state index contributed by atoms with van der Waals surface area (Å²) < 4.78 is 14.1. The van der Waals surface area contributed by atoms with Crippen molar-refractivity contribution in [3.05, 3.63) is 47.5 Å². The van der Waals surface area contributed by atoms with E-state index in [-0.39, 0.29) is 12.5 Å². The fraction of sp³-hybridized carbons (Fsp3) is 0.278. The van der Waals surface area contributed by atoms with Crippen LogP contribution in [0.2, 0.25) is 0 Å². The normalized spacial score (nSPS) is 11.0. The SMILES string of the molecule is Cc1ccc(C(C)C)c(OCC(=O)Nc2ccc3nsnc3c2)c1. The number of rotatable bonds is 5. The van der Waals surface area contributed by atoms with E-state index in [1.807, 2.05) is 31.2 Å². The number of hydrogen-bond donors (Lipinski definition) is 1. The lowest BCUT2D eigenvalue weighted by atomic mass is 10.0. The van der Waals surface area contributed by atoms with E-state index in [1.165, 1.54) is 0 Å². The Morgan fingerprint density at radius 2 is 1.96 bits per heavy atom. The molecule has 1 N–H and O–H groups in total. The van der Waals surface area contributed by atoms with Crippen LogP contribution in [0.4, 0.5) is 5.69 Å². The molecule has 0 aliphatic carbocycles. The van der Waals surface area contributed by atoms with Crippen molar-refractivity contribution in [3.8, 4) is 5.75 Å². The predicted octanol–water partition coefficient (Wildman–Crippen LogP) is 4.14. The van der Waals surface area contributed by atoms with Gasteiger partial charge in [0, 0.05) is 5.69 Å². The van der Waals surface area contributed by atoms with E-state index in [1.54, 1.807) is 0 Å². The highest BCUT2D eigenvalue weighted by Gasteiger charge is 2.11. The molecule has 1 heterocycles. The first-order chi connectivity index (χ1) is 11.5. The highest BCUT2D eigenvalue weighted by Crippen LogP contribution is 2.27. The van der Waals surface area contributed by atoms with Crippen LogP contribution >= 0.6 is 11.7 Å². The Hall–Kier alpha value is -2.47. The van der Waals surface area contributed by atoms with Gasteiger partial charge in [0.05, 0.1) is 11.7 Å². The highest BCUT2D eigenvalue weighted by atomic mass is 32.1. The van der Waals surface area contributed by atoms with Gasteiger partial charge in [-0.1, -0.05) is 26.0 Å². The second kappa shape index (κ2) is 6.97. The maximum atomic E-state index is 12.2. The molecule has 1 amide bonds. The molecule has 24 heavy (non-hydrogen) atoms. The topological polar surface area (TPSA) is 64.1 Å². The highest BCUT2D eigenvalue weighted by molar-refractivity contribution is 7.00. The van der Waals surface area contributed by atoms with Gasteiger partial charge in [-0.2, -0.15) is 8.75 Å². The Bertz CT molecular complexity index is 874. The molecule has 0 atom stereocenters. The average molecular weight is 341 g/mol. The van der Waals surface area contributed by atoms with Crippen LogP contribution in [0, 0.1) is 6.92 Å². The van der Waals surface area contributed by atoms with Crippen LogP contribution in [-0.4, -0.2) is 21.3 Å². The van der Waals surface area contributed by atoms with Gasteiger partial charge in [-0.25, -0.2) is 0 Å². The summed E-state index contributed by atoms with van der Waals surface area (Å²) in [6, 6.07) is 11.5. The van der Waals surface area contributed by atoms with Gasteiger partial charge >= 0.3 is 0 Å². The van der Waals surface area contributed by atoms with Gasteiger partial charge in [0.25, 0.3) is 5.91 Å². The van der Waals surface area contributed by atoms with E-state index in [9.17, 15) is 4.79 Å². The number of carbonyl (C=O) groups is 1. The molecule has 6 heteroatoms. The fourth-order valence-electron chi connectivity index (χ4n) is 2.44. The van der Waals surface area contributed by atoms with E-state index in [4.69, 9.17) is 4.74 Å². The van der Waals surface area contributed by atoms with Crippen LogP contribution in [-0.2, 0) is 4.79 Å². The van der Waals surface area contributed by atoms with E-state index < -0.39 is 0 Å². The van der Waals surface area contributed by atoms with E-state index in [2.05, 4.69) is 40.0 Å². The van der Waals surface area contributed by atoms with Crippen LogP contribution in [0.15, 0.2) is 36.4 Å². The number of benzene rings is 2. The van der Waals surface area contributed by atoms with Crippen LogP contribution in [0.3, 0.4) is 0 Å². The third-order valence-electron chi connectivity index (χ3n) is 3.69. The van der Waals surface area contributed by atoms with Crippen LogP contribution in [0.5, 0.6) is 5.75 Å². The largest absolute Gasteiger partial charge is 0.483 e. The Morgan fingerprint density at radius 1 is 1.17 bits per heavy atom. The molecule has 0 unspecified atom stereocenters. The molecule has 0 spiro atoms. The third kappa shape index (κ3) is 3.71. The van der Waals surface area contributed by atoms with E-state index in [0.29, 0.717) is 11.6 Å². The minimum absolute atomic E-state index is 0.0312. The van der Waals surface area contributed by atoms with Crippen LogP contribution in [0.25, 0.3) is 11.0 Å². The molecule has 3 aromatic rings. The van der Waals surface area contributed by atoms with Gasteiger partial charge in [0.2, 0.25) is 0 Å². The van der Waals surface area contributed by atoms with Gasteiger partial charge in [-0.05, 0) is 48.2 Å². The number of carbonyl (C=O) groups excluding carboxylic acids is 1. The molecule has 1 aromatic heterocycles. The smallest absolute Gasteiger partial charge is 0.262 e. The molecular weight excluding hydrogens is 322 g/mol. The Morgan fingerprint density at radius 3 is 2.75 bits per heavy atom. The van der Waals surface area contributed by atoms with Gasteiger partial charge < -0.3 is 10.1 Å². The number of amides is 1. The van der Waals surface area contributed by atoms with E-state index >= 15 is 0 Å². The average Bonchev–Trinajstić information content (AvgIpc) is 3.00. The van der Waals surface area contributed by atoms with Crippen molar-refractivity contribution < 1.29 is 9.53 Å². The summed E-state index contributed by atoms with van der Waals surface area (Å²) in [5, 5.41) is 2.83. The number of aryl methyl sites for hydroxylation is 1. The molecule has 3 rings (SSSR count). The van der Waals surface area contributed by atoms with E-state index in [0.717, 1.165) is 39.6 Å². The monoisotopic (exact) mass is 341 g/mol. The summed E-state index contributed by atoms with van der Waals surface area (Å²) in [7, 11) is 0. The molecule has 0 bridgehead atoms. The van der Waals surface area contributed by atoms with Gasteiger partial charge in [-0.15, -0.1) is 0 Å². The number of ether oxygens (including phenoxy) is 1. The molecule has 5 nitrogen and oxygen atoms in total. The predicted molar refractivity (Wildman–Crippen MR) is 96.8 cm³/mol. The molecular formula is C18H19N3O2S.